The molecule has 0 unspecified atom stereocenters. The molecule has 7 nitrogen and oxygen atoms in total. The van der Waals surface area contributed by atoms with E-state index in [2.05, 4.69) is 15.4 Å². The molecule has 1 aliphatic rings. The van der Waals surface area contributed by atoms with Crippen LogP contribution in [-0.2, 0) is 17.8 Å². The fourth-order valence-electron chi connectivity index (χ4n) is 3.11. The van der Waals surface area contributed by atoms with E-state index < -0.39 is 0 Å². The van der Waals surface area contributed by atoms with Crippen LogP contribution in [0.25, 0.3) is 11.6 Å². The molecule has 8 heteroatoms. The summed E-state index contributed by atoms with van der Waals surface area (Å²) in [6.07, 6.45) is 3.08. The normalized spacial score (nSPS) is 13.8. The average molecular weight is 341 g/mol. The molecular weight excluding hydrogens is 325 g/mol. The van der Waals surface area contributed by atoms with Gasteiger partial charge in [0.1, 0.15) is 12.4 Å². The smallest absolute Gasteiger partial charge is 0.250 e. The maximum absolute atomic E-state index is 14.3. The molecule has 1 aliphatic heterocycles. The van der Waals surface area contributed by atoms with Gasteiger partial charge < -0.3 is 9.32 Å². The Bertz CT molecular complexity index is 919. The van der Waals surface area contributed by atoms with Gasteiger partial charge in [-0.25, -0.2) is 4.39 Å². The van der Waals surface area contributed by atoms with Crippen LogP contribution >= 0.6 is 0 Å². The second-order valence-corrected chi connectivity index (χ2v) is 5.96. The topological polar surface area (TPSA) is 77.0 Å². The molecule has 0 atom stereocenters. The van der Waals surface area contributed by atoms with Gasteiger partial charge in [-0.1, -0.05) is 6.07 Å². The van der Waals surface area contributed by atoms with E-state index in [1.54, 1.807) is 18.2 Å². The summed E-state index contributed by atoms with van der Waals surface area (Å²) in [5.41, 5.74) is 2.26. The maximum Gasteiger partial charge on any atom is 0.250 e. The number of halogens is 1. The highest BCUT2D eigenvalue weighted by Gasteiger charge is 2.27. The van der Waals surface area contributed by atoms with Gasteiger partial charge in [-0.15, -0.1) is 10.2 Å². The van der Waals surface area contributed by atoms with Gasteiger partial charge in [0, 0.05) is 6.54 Å². The fraction of sp³-hybridized carbons (Fsp3) is 0.294. The van der Waals surface area contributed by atoms with E-state index in [1.165, 1.54) is 22.0 Å². The first kappa shape index (κ1) is 15.5. The predicted octanol–water partition coefficient (Wildman–Crippen LogP) is 2.36. The van der Waals surface area contributed by atoms with Crippen LogP contribution in [0, 0.1) is 12.7 Å². The van der Waals surface area contributed by atoms with E-state index in [1.807, 2.05) is 6.92 Å². The lowest BCUT2D eigenvalue weighted by Gasteiger charge is -2.30. The maximum atomic E-state index is 14.3. The van der Waals surface area contributed by atoms with Crippen LogP contribution in [0.15, 0.2) is 34.9 Å². The van der Waals surface area contributed by atoms with Gasteiger partial charge in [0.05, 0.1) is 12.0 Å². The highest BCUT2D eigenvalue weighted by atomic mass is 19.1. The van der Waals surface area contributed by atoms with Gasteiger partial charge in [0.15, 0.2) is 5.76 Å². The Morgan fingerprint density at radius 1 is 1.36 bits per heavy atom. The predicted molar refractivity (Wildman–Crippen MR) is 87.3 cm³/mol. The van der Waals surface area contributed by atoms with Crippen LogP contribution < -0.4 is 4.90 Å². The monoisotopic (exact) mass is 341 g/mol. The number of benzene rings is 1. The van der Waals surface area contributed by atoms with E-state index in [0.717, 1.165) is 24.0 Å². The second-order valence-electron chi connectivity index (χ2n) is 5.96. The number of hydrogen-bond acceptors (Lipinski definition) is 5. The van der Waals surface area contributed by atoms with Crippen LogP contribution in [0.2, 0.25) is 0 Å². The Kier molecular flexibility index (Phi) is 3.79. The number of hydrogen-bond donors (Lipinski definition) is 0. The minimum Gasteiger partial charge on any atom is -0.461 e. The first-order valence-electron chi connectivity index (χ1n) is 8.03. The van der Waals surface area contributed by atoms with Gasteiger partial charge >= 0.3 is 0 Å². The molecule has 0 radical (unpaired) electrons. The Hall–Kier alpha value is -3.03. The SMILES string of the molecule is Cc1ccc(F)c2c1CCCN2C(=O)Cn1nnc(-c2ccco2)n1. The van der Waals surface area contributed by atoms with Crippen LogP contribution in [0.5, 0.6) is 0 Å². The van der Waals surface area contributed by atoms with Crippen molar-refractivity contribution >= 4 is 11.6 Å². The summed E-state index contributed by atoms with van der Waals surface area (Å²) in [5, 5.41) is 11.9. The highest BCUT2D eigenvalue weighted by Crippen LogP contribution is 2.32. The molecule has 3 heterocycles. The number of nitrogens with zero attached hydrogens (tertiary/aromatic N) is 5. The van der Waals surface area contributed by atoms with E-state index in [0.29, 0.717) is 23.8 Å². The molecule has 0 saturated carbocycles. The van der Waals surface area contributed by atoms with Gasteiger partial charge in [0.25, 0.3) is 5.91 Å². The first-order chi connectivity index (χ1) is 12.1. The minimum atomic E-state index is -0.378. The van der Waals surface area contributed by atoms with Crippen molar-refractivity contribution in [1.82, 2.24) is 20.2 Å². The molecule has 0 spiro atoms. The molecular formula is C17H16FN5O2. The molecule has 128 valence electrons. The lowest BCUT2D eigenvalue weighted by molar-refractivity contribution is -0.119. The van der Waals surface area contributed by atoms with Crippen molar-refractivity contribution in [3.05, 3.63) is 47.5 Å². The second kappa shape index (κ2) is 6.12. The van der Waals surface area contributed by atoms with Crippen LogP contribution in [-0.4, -0.2) is 32.7 Å². The largest absolute Gasteiger partial charge is 0.461 e. The highest BCUT2D eigenvalue weighted by molar-refractivity contribution is 5.94. The summed E-state index contributed by atoms with van der Waals surface area (Å²) in [7, 11) is 0. The van der Waals surface area contributed by atoms with Crippen LogP contribution in [0.3, 0.4) is 0 Å². The van der Waals surface area contributed by atoms with Crippen molar-refractivity contribution in [2.75, 3.05) is 11.4 Å². The third-order valence-electron chi connectivity index (χ3n) is 4.32. The molecule has 0 aliphatic carbocycles. The molecule has 2 aromatic heterocycles. The Labute approximate surface area is 143 Å². The molecule has 0 fully saturated rings. The lowest BCUT2D eigenvalue weighted by Crippen LogP contribution is -2.39. The molecule has 0 bridgehead atoms. The van der Waals surface area contributed by atoms with Crippen molar-refractivity contribution < 1.29 is 13.6 Å². The standard InChI is InChI=1S/C17H16FN5O2/c1-11-6-7-13(18)16-12(11)4-2-8-22(16)15(24)10-23-20-17(19-21-23)14-5-3-9-25-14/h3,5-7,9H,2,4,8,10H2,1H3. The Morgan fingerprint density at radius 3 is 3.04 bits per heavy atom. The average Bonchev–Trinajstić information content (AvgIpc) is 3.29. The zero-order valence-corrected chi connectivity index (χ0v) is 13.6. The van der Waals surface area contributed by atoms with Crippen LogP contribution in [0.4, 0.5) is 10.1 Å². The van der Waals surface area contributed by atoms with Gasteiger partial charge in [-0.05, 0) is 54.3 Å². The number of tetrazole rings is 1. The van der Waals surface area contributed by atoms with Crippen LogP contribution in [0.1, 0.15) is 17.5 Å². The summed E-state index contributed by atoms with van der Waals surface area (Å²) in [6, 6.07) is 6.58. The third-order valence-corrected chi connectivity index (χ3v) is 4.32. The minimum absolute atomic E-state index is 0.111. The van der Waals surface area contributed by atoms with Crippen molar-refractivity contribution in [3.63, 3.8) is 0 Å². The number of furan rings is 1. The van der Waals surface area contributed by atoms with Gasteiger partial charge in [-0.2, -0.15) is 4.80 Å². The van der Waals surface area contributed by atoms with Crippen molar-refractivity contribution in [2.45, 2.75) is 26.3 Å². The number of fused-ring (bicyclic) bond motifs is 1. The summed E-state index contributed by atoms with van der Waals surface area (Å²) >= 11 is 0. The molecule has 3 aromatic rings. The van der Waals surface area contributed by atoms with E-state index in [9.17, 15) is 9.18 Å². The summed E-state index contributed by atoms with van der Waals surface area (Å²) < 4.78 is 19.5. The van der Waals surface area contributed by atoms with Crippen molar-refractivity contribution in [3.8, 4) is 11.6 Å². The molecule has 25 heavy (non-hydrogen) atoms. The summed E-state index contributed by atoms with van der Waals surface area (Å²) in [5.74, 6) is 0.132. The van der Waals surface area contributed by atoms with E-state index in [-0.39, 0.29) is 18.3 Å². The number of aryl methyl sites for hydroxylation is 1. The molecule has 1 amide bonds. The number of anilines is 1. The lowest BCUT2D eigenvalue weighted by atomic mass is 9.96. The quantitative estimate of drug-likeness (QED) is 0.731. The number of amides is 1. The fourth-order valence-corrected chi connectivity index (χ4v) is 3.11. The van der Waals surface area contributed by atoms with Crippen molar-refractivity contribution in [1.29, 1.82) is 0 Å². The van der Waals surface area contributed by atoms with Gasteiger partial charge in [-0.3, -0.25) is 4.79 Å². The number of carbonyl (C=O) groups is 1. The summed E-state index contributed by atoms with van der Waals surface area (Å²) in [4.78, 5) is 15.4. The van der Waals surface area contributed by atoms with Crippen molar-refractivity contribution in [2.24, 2.45) is 0 Å². The van der Waals surface area contributed by atoms with E-state index in [4.69, 9.17) is 4.42 Å². The number of carbonyl (C=O) groups excluding carboxylic acids is 1. The summed E-state index contributed by atoms with van der Waals surface area (Å²) in [6.45, 7) is 2.30. The first-order valence-corrected chi connectivity index (χ1v) is 8.03. The Morgan fingerprint density at radius 2 is 2.24 bits per heavy atom. The molecule has 0 saturated heterocycles. The zero-order chi connectivity index (χ0) is 17.4. The molecule has 0 N–H and O–H groups in total. The molecule has 4 rings (SSSR count). The number of aromatic nitrogens is 4. The van der Waals surface area contributed by atoms with E-state index >= 15 is 0 Å². The third kappa shape index (κ3) is 2.79. The zero-order valence-electron chi connectivity index (χ0n) is 13.6. The Balaban J connectivity index is 1.58. The number of rotatable bonds is 3. The molecule has 1 aromatic carbocycles. The van der Waals surface area contributed by atoms with Gasteiger partial charge in [0.2, 0.25) is 5.82 Å².